The molecule has 2 aromatic carbocycles. The number of ether oxygens (including phenoxy) is 1. The van der Waals surface area contributed by atoms with Gasteiger partial charge >= 0.3 is 5.97 Å². The van der Waals surface area contributed by atoms with Gasteiger partial charge in [0.15, 0.2) is 10.6 Å². The first-order valence-corrected chi connectivity index (χ1v) is 11.5. The first-order valence-electron chi connectivity index (χ1n) is 10.7. The van der Waals surface area contributed by atoms with Gasteiger partial charge in [0.1, 0.15) is 22.9 Å². The number of nitrogens with zero attached hydrogens (tertiary/aromatic N) is 2. The summed E-state index contributed by atoms with van der Waals surface area (Å²) in [6, 6.07) is 9.76. The number of thiazole rings is 1. The van der Waals surface area contributed by atoms with E-state index in [0.717, 1.165) is 16.9 Å². The predicted octanol–water partition coefficient (Wildman–Crippen LogP) is 5.10. The molecule has 0 bridgehead atoms. The van der Waals surface area contributed by atoms with Crippen molar-refractivity contribution >= 4 is 39.3 Å². The number of aryl methyl sites for hydroxylation is 2. The second-order valence-corrected chi connectivity index (χ2v) is 9.08. The number of esters is 1. The summed E-state index contributed by atoms with van der Waals surface area (Å²) in [6.07, 6.45) is 1.45. The summed E-state index contributed by atoms with van der Waals surface area (Å²) in [6.45, 7) is 7.04. The van der Waals surface area contributed by atoms with Crippen molar-refractivity contribution in [3.63, 3.8) is 0 Å². The van der Waals surface area contributed by atoms with Crippen molar-refractivity contribution in [3.8, 4) is 0 Å². The van der Waals surface area contributed by atoms with Crippen LogP contribution < -0.4 is 10.3 Å². The third kappa shape index (κ3) is 3.74. The van der Waals surface area contributed by atoms with E-state index in [1.807, 2.05) is 6.92 Å². The molecule has 3 heterocycles. The van der Waals surface area contributed by atoms with Crippen molar-refractivity contribution in [2.45, 2.75) is 19.9 Å². The molecule has 4 aromatic rings. The van der Waals surface area contributed by atoms with Gasteiger partial charge in [-0.3, -0.25) is 14.5 Å². The van der Waals surface area contributed by atoms with Crippen molar-refractivity contribution in [2.75, 3.05) is 11.5 Å². The van der Waals surface area contributed by atoms with Crippen LogP contribution in [0.5, 0.6) is 0 Å². The number of anilines is 1. The van der Waals surface area contributed by atoms with Crippen molar-refractivity contribution < 1.29 is 23.1 Å². The Kier molecular flexibility index (Phi) is 5.56. The van der Waals surface area contributed by atoms with E-state index in [-0.39, 0.29) is 39.0 Å². The molecule has 2 aromatic heterocycles. The number of carbonyl (C=O) groups excluding carboxylic acids is 2. The van der Waals surface area contributed by atoms with E-state index < -0.39 is 23.7 Å². The third-order valence-electron chi connectivity index (χ3n) is 5.72. The molecule has 35 heavy (non-hydrogen) atoms. The predicted molar refractivity (Wildman–Crippen MR) is 130 cm³/mol. The molecule has 1 atom stereocenters. The monoisotopic (exact) mass is 490 g/mol. The van der Waals surface area contributed by atoms with Crippen LogP contribution in [0.25, 0.3) is 11.0 Å². The normalized spacial score (nSPS) is 14.9. The zero-order valence-electron chi connectivity index (χ0n) is 18.8. The highest BCUT2D eigenvalue weighted by Gasteiger charge is 2.45. The highest BCUT2D eigenvalue weighted by molar-refractivity contribution is 7.17. The van der Waals surface area contributed by atoms with Gasteiger partial charge in [0.25, 0.3) is 5.91 Å². The van der Waals surface area contributed by atoms with Crippen LogP contribution in [-0.2, 0) is 4.74 Å². The molecule has 9 heteroatoms. The second kappa shape index (κ2) is 8.59. The maximum absolute atomic E-state index is 13.7. The number of rotatable bonds is 5. The smallest absolute Gasteiger partial charge is 0.350 e. The van der Waals surface area contributed by atoms with Gasteiger partial charge in [-0.2, -0.15) is 0 Å². The lowest BCUT2D eigenvalue weighted by Gasteiger charge is -2.22. The average molecular weight is 491 g/mol. The van der Waals surface area contributed by atoms with Gasteiger partial charge in [-0.05, 0) is 43.7 Å². The van der Waals surface area contributed by atoms with Gasteiger partial charge in [0.2, 0.25) is 5.76 Å². The summed E-state index contributed by atoms with van der Waals surface area (Å²) < 4.78 is 24.8. The number of halogens is 1. The zero-order chi connectivity index (χ0) is 24.9. The number of benzene rings is 2. The summed E-state index contributed by atoms with van der Waals surface area (Å²) in [5, 5.41) is 0.535. The molecule has 5 rings (SSSR count). The highest BCUT2D eigenvalue weighted by Crippen LogP contribution is 2.43. The van der Waals surface area contributed by atoms with Gasteiger partial charge < -0.3 is 9.15 Å². The maximum Gasteiger partial charge on any atom is 0.350 e. The van der Waals surface area contributed by atoms with Crippen LogP contribution in [0.2, 0.25) is 0 Å². The van der Waals surface area contributed by atoms with E-state index in [0.29, 0.717) is 16.6 Å². The van der Waals surface area contributed by atoms with E-state index in [4.69, 9.17) is 9.15 Å². The molecule has 0 saturated heterocycles. The summed E-state index contributed by atoms with van der Waals surface area (Å²) in [5.41, 5.74) is 1.82. The Balaban J connectivity index is 1.72. The Bertz CT molecular complexity index is 1570. The van der Waals surface area contributed by atoms with E-state index in [9.17, 15) is 18.8 Å². The molecule has 1 aliphatic heterocycles. The summed E-state index contributed by atoms with van der Waals surface area (Å²) in [5.74, 6) is -1.73. The number of amides is 1. The Morgan fingerprint density at radius 2 is 1.97 bits per heavy atom. The Hall–Kier alpha value is -4.11. The largest absolute Gasteiger partial charge is 0.457 e. The first-order chi connectivity index (χ1) is 16.8. The lowest BCUT2D eigenvalue weighted by Crippen LogP contribution is -2.29. The molecule has 7 nitrogen and oxygen atoms in total. The summed E-state index contributed by atoms with van der Waals surface area (Å²) >= 11 is 0.971. The Morgan fingerprint density at radius 3 is 2.69 bits per heavy atom. The molecule has 1 aliphatic rings. The van der Waals surface area contributed by atoms with E-state index in [2.05, 4.69) is 11.6 Å². The molecule has 0 aliphatic carbocycles. The van der Waals surface area contributed by atoms with Gasteiger partial charge in [-0.1, -0.05) is 47.8 Å². The van der Waals surface area contributed by atoms with Crippen LogP contribution in [-0.4, -0.2) is 23.5 Å². The van der Waals surface area contributed by atoms with Crippen LogP contribution in [0.15, 0.2) is 64.3 Å². The minimum atomic E-state index is -0.915. The van der Waals surface area contributed by atoms with Gasteiger partial charge in [-0.25, -0.2) is 14.2 Å². The van der Waals surface area contributed by atoms with E-state index in [1.165, 1.54) is 35.2 Å². The molecule has 0 fully saturated rings. The minimum absolute atomic E-state index is 0.0300. The van der Waals surface area contributed by atoms with Crippen LogP contribution in [0.4, 0.5) is 9.52 Å². The molecule has 176 valence electrons. The van der Waals surface area contributed by atoms with Crippen LogP contribution in [0.3, 0.4) is 0 Å². The number of aromatic nitrogens is 1. The topological polar surface area (TPSA) is 89.7 Å². The van der Waals surface area contributed by atoms with Gasteiger partial charge in [-0.15, -0.1) is 0 Å². The Morgan fingerprint density at radius 1 is 1.23 bits per heavy atom. The Labute approximate surface area is 203 Å². The van der Waals surface area contributed by atoms with Crippen LogP contribution in [0, 0.1) is 19.7 Å². The standard InChI is InChI=1S/C26H19FN2O5S/c1-4-11-33-25(32)23-14(3)28-26(35-23)29-20(15-6-8-16(27)9-7-15)19-21(30)17-12-13(2)5-10-18(17)34-22(19)24(29)31/h4-10,12,20H,1,11H2,2-3H3/t20-/m1/s1. The number of fused-ring (bicyclic) bond motifs is 2. The number of carbonyl (C=O) groups is 2. The summed E-state index contributed by atoms with van der Waals surface area (Å²) in [4.78, 5) is 45.7. The summed E-state index contributed by atoms with van der Waals surface area (Å²) in [7, 11) is 0. The van der Waals surface area contributed by atoms with Crippen LogP contribution >= 0.6 is 11.3 Å². The van der Waals surface area contributed by atoms with E-state index >= 15 is 0 Å². The second-order valence-electron chi connectivity index (χ2n) is 8.10. The molecule has 0 N–H and O–H groups in total. The average Bonchev–Trinajstić information content (AvgIpc) is 3.36. The molecular weight excluding hydrogens is 471 g/mol. The van der Waals surface area contributed by atoms with Crippen molar-refractivity contribution in [1.29, 1.82) is 0 Å². The van der Waals surface area contributed by atoms with Crippen molar-refractivity contribution in [2.24, 2.45) is 0 Å². The molecular formula is C26H19FN2O5S. The molecule has 0 spiro atoms. The third-order valence-corrected chi connectivity index (χ3v) is 6.86. The first kappa shape index (κ1) is 22.7. The lowest BCUT2D eigenvalue weighted by atomic mass is 9.98. The van der Waals surface area contributed by atoms with Crippen molar-refractivity contribution in [1.82, 2.24) is 4.98 Å². The lowest BCUT2D eigenvalue weighted by molar-refractivity contribution is 0.0554. The van der Waals surface area contributed by atoms with E-state index in [1.54, 1.807) is 25.1 Å². The fourth-order valence-electron chi connectivity index (χ4n) is 4.12. The zero-order valence-corrected chi connectivity index (χ0v) is 19.6. The molecule has 0 saturated carbocycles. The SMILES string of the molecule is C=CCOC(=O)c1sc(N2C(=O)c3oc4ccc(C)cc4c(=O)c3[C@H]2c2ccc(F)cc2)nc1C. The molecule has 0 unspecified atom stereocenters. The van der Waals surface area contributed by atoms with Crippen LogP contribution in [0.1, 0.15) is 48.7 Å². The fourth-order valence-corrected chi connectivity index (χ4v) is 5.11. The maximum atomic E-state index is 13.7. The van der Waals surface area contributed by atoms with Gasteiger partial charge in [0.05, 0.1) is 22.7 Å². The quantitative estimate of drug-likeness (QED) is 0.286. The van der Waals surface area contributed by atoms with Crippen molar-refractivity contribution in [3.05, 3.63) is 104 Å². The number of hydrogen-bond donors (Lipinski definition) is 0. The molecule has 1 amide bonds. The highest BCUT2D eigenvalue weighted by atomic mass is 32.1. The van der Waals surface area contributed by atoms with Gasteiger partial charge in [0, 0.05) is 0 Å². The molecule has 0 radical (unpaired) electrons. The fraction of sp³-hybridized carbons (Fsp3) is 0.154. The number of hydrogen-bond acceptors (Lipinski definition) is 7. The minimum Gasteiger partial charge on any atom is -0.457 e.